The monoisotopic (exact) mass is 257 g/mol. The summed E-state index contributed by atoms with van der Waals surface area (Å²) in [6, 6.07) is 2.61. The highest BCUT2D eigenvalue weighted by molar-refractivity contribution is 5.76. The van der Waals surface area contributed by atoms with E-state index in [9.17, 15) is 23.7 Å². The van der Waals surface area contributed by atoms with E-state index in [4.69, 9.17) is 4.74 Å². The maximum Gasteiger partial charge on any atom is 0.316 e. The number of hydrogen-bond donors (Lipinski definition) is 0. The molecule has 2 unspecified atom stereocenters. The third kappa shape index (κ3) is 2.44. The summed E-state index contributed by atoms with van der Waals surface area (Å²) in [7, 11) is 0. The highest BCUT2D eigenvalue weighted by Crippen LogP contribution is 2.34. The predicted octanol–water partition coefficient (Wildman–Crippen LogP) is 1.67. The summed E-state index contributed by atoms with van der Waals surface area (Å²) in [5.74, 6) is -3.62. The van der Waals surface area contributed by atoms with Gasteiger partial charge in [-0.2, -0.15) is 0 Å². The molecule has 18 heavy (non-hydrogen) atoms. The van der Waals surface area contributed by atoms with E-state index in [0.717, 1.165) is 6.07 Å². The molecule has 0 amide bonds. The molecule has 0 radical (unpaired) electrons. The largest absolute Gasteiger partial charge is 0.460 e. The van der Waals surface area contributed by atoms with E-state index in [1.807, 2.05) is 0 Å². The van der Waals surface area contributed by atoms with Crippen molar-refractivity contribution >= 4 is 5.97 Å². The average Bonchev–Trinajstić information content (AvgIpc) is 3.11. The summed E-state index contributed by atoms with van der Waals surface area (Å²) < 4.78 is 30.8. The van der Waals surface area contributed by atoms with Gasteiger partial charge in [0.1, 0.15) is 12.5 Å². The molecule has 1 aromatic carbocycles. The fraction of sp³-hybridized carbons (Fsp3) is 0.364. The van der Waals surface area contributed by atoms with Gasteiger partial charge in [-0.3, -0.25) is 14.9 Å². The van der Waals surface area contributed by atoms with Gasteiger partial charge in [-0.1, -0.05) is 12.1 Å². The van der Waals surface area contributed by atoms with Crippen molar-refractivity contribution in [2.24, 2.45) is 5.92 Å². The molecule has 96 valence electrons. The molecular weight excluding hydrogens is 248 g/mol. The minimum atomic E-state index is -1.08. The van der Waals surface area contributed by atoms with Gasteiger partial charge in [-0.25, -0.2) is 8.78 Å². The van der Waals surface area contributed by atoms with Gasteiger partial charge in [0.25, 0.3) is 0 Å². The van der Waals surface area contributed by atoms with E-state index >= 15 is 0 Å². The second-order valence-corrected chi connectivity index (χ2v) is 4.02. The first-order valence-corrected chi connectivity index (χ1v) is 5.23. The zero-order chi connectivity index (χ0) is 13.3. The molecule has 0 heterocycles. The van der Waals surface area contributed by atoms with E-state index in [1.165, 1.54) is 12.1 Å². The van der Waals surface area contributed by atoms with Crippen LogP contribution in [0.15, 0.2) is 18.2 Å². The quantitative estimate of drug-likeness (QED) is 0.467. The van der Waals surface area contributed by atoms with Crippen LogP contribution in [0.3, 0.4) is 0 Å². The Bertz CT molecular complexity index is 506. The Morgan fingerprint density at radius 2 is 2.22 bits per heavy atom. The van der Waals surface area contributed by atoms with E-state index in [1.54, 1.807) is 0 Å². The number of halogens is 2. The molecule has 1 fully saturated rings. The molecule has 2 rings (SSSR count). The third-order valence-corrected chi connectivity index (χ3v) is 2.73. The van der Waals surface area contributed by atoms with Crippen LogP contribution in [0.2, 0.25) is 0 Å². The Balaban J connectivity index is 1.91. The lowest BCUT2D eigenvalue weighted by Gasteiger charge is -2.05. The first-order valence-electron chi connectivity index (χ1n) is 5.23. The number of benzene rings is 1. The Morgan fingerprint density at radius 1 is 1.50 bits per heavy atom. The molecule has 1 saturated carbocycles. The zero-order valence-electron chi connectivity index (χ0n) is 9.14. The van der Waals surface area contributed by atoms with Gasteiger partial charge in [-0.15, -0.1) is 0 Å². The molecule has 2 atom stereocenters. The van der Waals surface area contributed by atoms with Crippen molar-refractivity contribution in [2.75, 3.05) is 0 Å². The van der Waals surface area contributed by atoms with Crippen LogP contribution in [-0.4, -0.2) is 16.9 Å². The molecule has 1 aliphatic carbocycles. The van der Waals surface area contributed by atoms with Crippen molar-refractivity contribution in [3.8, 4) is 0 Å². The van der Waals surface area contributed by atoms with Crippen LogP contribution in [0, 0.1) is 27.7 Å². The number of nitrogens with zero attached hydrogens (tertiary/aromatic N) is 1. The number of carbonyl (C=O) groups excluding carboxylic acids is 1. The standard InChI is InChI=1S/C11H9F2NO4/c12-8-3-1-2-6(10(8)13)5-18-11(15)7-4-9(7)14(16)17/h1-3,7,9H,4-5H2. The summed E-state index contributed by atoms with van der Waals surface area (Å²) in [5.41, 5.74) is -0.0957. The fourth-order valence-electron chi connectivity index (χ4n) is 1.58. The van der Waals surface area contributed by atoms with Crippen molar-refractivity contribution in [3.05, 3.63) is 45.5 Å². The molecule has 7 heteroatoms. The van der Waals surface area contributed by atoms with Crippen LogP contribution in [0.5, 0.6) is 0 Å². The van der Waals surface area contributed by atoms with Gasteiger partial charge in [-0.05, 0) is 6.07 Å². The Kier molecular flexibility index (Phi) is 3.22. The fourth-order valence-corrected chi connectivity index (χ4v) is 1.58. The maximum absolute atomic E-state index is 13.2. The van der Waals surface area contributed by atoms with Crippen molar-refractivity contribution in [3.63, 3.8) is 0 Å². The van der Waals surface area contributed by atoms with E-state index < -0.39 is 41.1 Å². The van der Waals surface area contributed by atoms with Gasteiger partial charge in [0.2, 0.25) is 6.04 Å². The molecule has 0 aromatic heterocycles. The second-order valence-electron chi connectivity index (χ2n) is 4.02. The number of hydrogen-bond acceptors (Lipinski definition) is 4. The third-order valence-electron chi connectivity index (χ3n) is 2.73. The number of ether oxygens (including phenoxy) is 1. The zero-order valence-corrected chi connectivity index (χ0v) is 9.14. The molecule has 1 aliphatic rings. The molecule has 0 saturated heterocycles. The number of rotatable bonds is 4. The van der Waals surface area contributed by atoms with Gasteiger partial charge in [0.05, 0.1) is 0 Å². The topological polar surface area (TPSA) is 69.4 Å². The average molecular weight is 257 g/mol. The summed E-state index contributed by atoms with van der Waals surface area (Å²) >= 11 is 0. The predicted molar refractivity (Wildman–Crippen MR) is 55.0 cm³/mol. The lowest BCUT2D eigenvalue weighted by Crippen LogP contribution is -2.14. The highest BCUT2D eigenvalue weighted by Gasteiger charge is 2.54. The van der Waals surface area contributed by atoms with E-state index in [0.29, 0.717) is 0 Å². The summed E-state index contributed by atoms with van der Waals surface area (Å²) in [4.78, 5) is 21.1. The minimum Gasteiger partial charge on any atom is -0.460 e. The summed E-state index contributed by atoms with van der Waals surface area (Å²) in [5, 5.41) is 10.3. The molecule has 5 nitrogen and oxygen atoms in total. The van der Waals surface area contributed by atoms with Crippen molar-refractivity contribution < 1.29 is 23.2 Å². The Labute approximate surface area is 101 Å². The Hall–Kier alpha value is -2.05. The molecule has 0 spiro atoms. The normalized spacial score (nSPS) is 21.4. The highest BCUT2D eigenvalue weighted by atomic mass is 19.2. The van der Waals surface area contributed by atoms with Crippen LogP contribution in [0.25, 0.3) is 0 Å². The number of carbonyl (C=O) groups is 1. The summed E-state index contributed by atoms with van der Waals surface area (Å²) in [6.07, 6.45) is 0.136. The summed E-state index contributed by atoms with van der Waals surface area (Å²) in [6.45, 7) is -0.427. The van der Waals surface area contributed by atoms with Gasteiger partial charge in [0.15, 0.2) is 11.6 Å². The second kappa shape index (κ2) is 4.67. The number of nitro groups is 1. The first-order chi connectivity index (χ1) is 8.50. The van der Waals surface area contributed by atoms with Crippen LogP contribution in [0.1, 0.15) is 12.0 Å². The van der Waals surface area contributed by atoms with Crippen molar-refractivity contribution in [1.29, 1.82) is 0 Å². The van der Waals surface area contributed by atoms with Crippen molar-refractivity contribution in [2.45, 2.75) is 19.1 Å². The SMILES string of the molecule is O=C(OCc1cccc(F)c1F)C1CC1[N+](=O)[O-]. The molecular formula is C11H9F2NO4. The van der Waals surface area contributed by atoms with Gasteiger partial charge >= 0.3 is 5.97 Å². The van der Waals surface area contributed by atoms with Crippen LogP contribution < -0.4 is 0 Å². The lowest BCUT2D eigenvalue weighted by molar-refractivity contribution is -0.497. The van der Waals surface area contributed by atoms with E-state index in [-0.39, 0.29) is 12.0 Å². The van der Waals surface area contributed by atoms with Crippen LogP contribution >= 0.6 is 0 Å². The van der Waals surface area contributed by atoms with E-state index in [2.05, 4.69) is 0 Å². The molecule has 0 bridgehead atoms. The van der Waals surface area contributed by atoms with Crippen LogP contribution in [0.4, 0.5) is 8.78 Å². The molecule has 0 aliphatic heterocycles. The van der Waals surface area contributed by atoms with Gasteiger partial charge < -0.3 is 4.74 Å². The minimum absolute atomic E-state index is 0.0957. The molecule has 0 N–H and O–H groups in total. The van der Waals surface area contributed by atoms with Crippen LogP contribution in [-0.2, 0) is 16.1 Å². The van der Waals surface area contributed by atoms with Crippen molar-refractivity contribution in [1.82, 2.24) is 0 Å². The Morgan fingerprint density at radius 3 is 2.83 bits per heavy atom. The number of esters is 1. The maximum atomic E-state index is 13.2. The smallest absolute Gasteiger partial charge is 0.316 e. The lowest BCUT2D eigenvalue weighted by atomic mass is 10.2. The van der Waals surface area contributed by atoms with Gasteiger partial charge in [0, 0.05) is 16.9 Å². The first kappa shape index (κ1) is 12.4. The molecule has 1 aromatic rings.